The van der Waals surface area contributed by atoms with Gasteiger partial charge in [-0.25, -0.2) is 0 Å². The third-order valence-corrected chi connectivity index (χ3v) is 4.06. The van der Waals surface area contributed by atoms with Crippen molar-refractivity contribution in [2.45, 2.75) is 13.5 Å². The molecule has 0 fully saturated rings. The maximum atomic E-state index is 12.5. The Morgan fingerprint density at radius 3 is 2.38 bits per heavy atom. The Hall–Kier alpha value is -2.28. The molecule has 2 rings (SSSR count). The second-order valence-corrected chi connectivity index (χ2v) is 5.66. The number of ether oxygens (including phenoxy) is 3. The Bertz CT molecular complexity index is 768. The van der Waals surface area contributed by atoms with Crippen LogP contribution in [0.1, 0.15) is 23.0 Å². The van der Waals surface area contributed by atoms with Gasteiger partial charge in [-0.15, -0.1) is 0 Å². The molecule has 0 N–H and O–H groups in total. The molecule has 0 radical (unpaired) electrons. The molecule has 1 aromatic carbocycles. The van der Waals surface area contributed by atoms with Gasteiger partial charge in [-0.3, -0.25) is 9.48 Å². The Kier molecular flexibility index (Phi) is 6.03. The van der Waals surface area contributed by atoms with Crippen molar-refractivity contribution in [1.82, 2.24) is 9.78 Å². The van der Waals surface area contributed by atoms with Crippen LogP contribution in [0, 0.1) is 0 Å². The van der Waals surface area contributed by atoms with Crippen LogP contribution in [0.4, 0.5) is 0 Å². The summed E-state index contributed by atoms with van der Waals surface area (Å²) in [5.41, 5.74) is 1.22. The predicted molar refractivity (Wildman–Crippen MR) is 95.1 cm³/mol. The Balaban J connectivity index is 2.37. The van der Waals surface area contributed by atoms with Gasteiger partial charge < -0.3 is 14.2 Å². The van der Waals surface area contributed by atoms with E-state index < -0.39 is 0 Å². The van der Waals surface area contributed by atoms with Gasteiger partial charge in [0.1, 0.15) is 11.4 Å². The minimum atomic E-state index is -0.155. The lowest BCUT2D eigenvalue weighted by atomic mass is 10.1. The van der Waals surface area contributed by atoms with Gasteiger partial charge >= 0.3 is 0 Å². The highest BCUT2D eigenvalue weighted by molar-refractivity contribution is 9.10. The van der Waals surface area contributed by atoms with E-state index in [4.69, 9.17) is 14.2 Å². The molecule has 1 heterocycles. The fourth-order valence-electron chi connectivity index (χ4n) is 2.27. The van der Waals surface area contributed by atoms with Crippen LogP contribution in [0.25, 0.3) is 6.08 Å². The van der Waals surface area contributed by atoms with Crippen LogP contribution in [0.3, 0.4) is 0 Å². The number of aryl methyl sites for hydroxylation is 1. The van der Waals surface area contributed by atoms with Crippen molar-refractivity contribution >= 4 is 27.8 Å². The van der Waals surface area contributed by atoms with E-state index >= 15 is 0 Å². The van der Waals surface area contributed by atoms with E-state index in [1.165, 1.54) is 6.08 Å². The van der Waals surface area contributed by atoms with Crippen LogP contribution >= 0.6 is 15.9 Å². The number of rotatable bonds is 7. The van der Waals surface area contributed by atoms with Crippen molar-refractivity contribution < 1.29 is 19.0 Å². The fourth-order valence-corrected chi connectivity index (χ4v) is 2.77. The molecule has 0 saturated carbocycles. The first-order chi connectivity index (χ1) is 11.5. The highest BCUT2D eigenvalue weighted by Gasteiger charge is 2.15. The van der Waals surface area contributed by atoms with Gasteiger partial charge in [-0.05, 0) is 41.1 Å². The van der Waals surface area contributed by atoms with E-state index in [2.05, 4.69) is 21.0 Å². The van der Waals surface area contributed by atoms with E-state index in [0.717, 1.165) is 0 Å². The normalized spacial score (nSPS) is 10.9. The molecule has 2 aromatic rings. The summed E-state index contributed by atoms with van der Waals surface area (Å²) in [7, 11) is 4.67. The predicted octanol–water partition coefficient (Wildman–Crippen LogP) is 3.59. The number of hydrogen-bond donors (Lipinski definition) is 0. The summed E-state index contributed by atoms with van der Waals surface area (Å²) in [6.07, 6.45) is 4.78. The number of benzene rings is 1. The maximum absolute atomic E-state index is 12.5. The second kappa shape index (κ2) is 8.01. The zero-order valence-corrected chi connectivity index (χ0v) is 15.6. The van der Waals surface area contributed by atoms with Crippen molar-refractivity contribution in [2.24, 2.45) is 0 Å². The highest BCUT2D eigenvalue weighted by atomic mass is 79.9. The van der Waals surface area contributed by atoms with Crippen LogP contribution < -0.4 is 14.2 Å². The topological polar surface area (TPSA) is 62.6 Å². The summed E-state index contributed by atoms with van der Waals surface area (Å²) in [6.45, 7) is 2.54. The van der Waals surface area contributed by atoms with Crippen LogP contribution in [-0.4, -0.2) is 36.9 Å². The first-order valence-corrected chi connectivity index (χ1v) is 8.08. The summed E-state index contributed by atoms with van der Waals surface area (Å²) in [4.78, 5) is 12.5. The highest BCUT2D eigenvalue weighted by Crippen LogP contribution is 2.35. The molecule has 0 aliphatic carbocycles. The number of nitrogens with zero attached hydrogens (tertiary/aromatic N) is 2. The molecule has 128 valence electrons. The van der Waals surface area contributed by atoms with Gasteiger partial charge in [0, 0.05) is 18.2 Å². The molecule has 0 bridgehead atoms. The number of methoxy groups -OCH3 is 3. The molecule has 0 spiro atoms. The number of carbonyl (C=O) groups excluding carboxylic acids is 1. The van der Waals surface area contributed by atoms with E-state index in [0.29, 0.717) is 39.5 Å². The van der Waals surface area contributed by atoms with Crippen LogP contribution in [-0.2, 0) is 6.54 Å². The van der Waals surface area contributed by atoms with Crippen molar-refractivity contribution in [3.63, 3.8) is 0 Å². The number of aromatic nitrogens is 2. The van der Waals surface area contributed by atoms with Crippen molar-refractivity contribution in [1.29, 1.82) is 0 Å². The van der Waals surface area contributed by atoms with Crippen LogP contribution in [0.2, 0.25) is 0 Å². The first kappa shape index (κ1) is 18.1. The summed E-state index contributed by atoms with van der Waals surface area (Å²) in [6, 6.07) is 3.48. The molecule has 1 aromatic heterocycles. The SMILES string of the molecule is CCn1ncc(Br)c1C(=O)/C=C/c1cc(OC)c(OC)cc1OC. The third kappa shape index (κ3) is 3.62. The minimum absolute atomic E-state index is 0.155. The summed E-state index contributed by atoms with van der Waals surface area (Å²) in [5, 5.41) is 4.15. The second-order valence-electron chi connectivity index (χ2n) is 4.80. The number of hydrogen-bond acceptors (Lipinski definition) is 5. The molecule has 0 unspecified atom stereocenters. The van der Waals surface area contributed by atoms with Crippen molar-refractivity contribution in [3.8, 4) is 17.2 Å². The van der Waals surface area contributed by atoms with Gasteiger partial charge in [0.15, 0.2) is 11.5 Å². The zero-order chi connectivity index (χ0) is 17.7. The summed E-state index contributed by atoms with van der Waals surface area (Å²) >= 11 is 3.36. The largest absolute Gasteiger partial charge is 0.496 e. The van der Waals surface area contributed by atoms with Gasteiger partial charge in [0.2, 0.25) is 5.78 Å². The van der Waals surface area contributed by atoms with Gasteiger partial charge in [-0.2, -0.15) is 5.10 Å². The molecule has 0 amide bonds. The summed E-state index contributed by atoms with van der Waals surface area (Å²) in [5.74, 6) is 1.55. The maximum Gasteiger partial charge on any atom is 0.205 e. The van der Waals surface area contributed by atoms with E-state index in [9.17, 15) is 4.79 Å². The fraction of sp³-hybridized carbons (Fsp3) is 0.294. The van der Waals surface area contributed by atoms with E-state index in [1.807, 2.05) is 6.92 Å². The number of halogens is 1. The Morgan fingerprint density at radius 2 is 1.79 bits per heavy atom. The smallest absolute Gasteiger partial charge is 0.205 e. The molecule has 0 aliphatic rings. The lowest BCUT2D eigenvalue weighted by molar-refractivity contribution is 0.103. The Labute approximate surface area is 149 Å². The first-order valence-electron chi connectivity index (χ1n) is 7.29. The van der Waals surface area contributed by atoms with Gasteiger partial charge in [-0.1, -0.05) is 0 Å². The number of ketones is 1. The van der Waals surface area contributed by atoms with Crippen molar-refractivity contribution in [2.75, 3.05) is 21.3 Å². The van der Waals surface area contributed by atoms with Gasteiger partial charge in [0.05, 0.1) is 32.0 Å². The van der Waals surface area contributed by atoms with Crippen LogP contribution in [0.15, 0.2) is 28.9 Å². The average Bonchev–Trinajstić information content (AvgIpc) is 2.99. The molecule has 6 nitrogen and oxygen atoms in total. The minimum Gasteiger partial charge on any atom is -0.496 e. The number of allylic oxidation sites excluding steroid dienone is 1. The molecular weight excluding hydrogens is 376 g/mol. The zero-order valence-electron chi connectivity index (χ0n) is 14.0. The number of carbonyl (C=O) groups is 1. The molecule has 24 heavy (non-hydrogen) atoms. The molecule has 0 saturated heterocycles. The monoisotopic (exact) mass is 394 g/mol. The molecule has 0 atom stereocenters. The summed E-state index contributed by atoms with van der Waals surface area (Å²) < 4.78 is 18.2. The average molecular weight is 395 g/mol. The molecule has 7 heteroatoms. The third-order valence-electron chi connectivity index (χ3n) is 3.48. The lowest BCUT2D eigenvalue weighted by Gasteiger charge is -2.12. The quantitative estimate of drug-likeness (QED) is 0.530. The van der Waals surface area contributed by atoms with E-state index in [-0.39, 0.29) is 5.78 Å². The lowest BCUT2D eigenvalue weighted by Crippen LogP contribution is -2.07. The molecule has 0 aliphatic heterocycles. The van der Waals surface area contributed by atoms with E-state index in [1.54, 1.807) is 50.4 Å². The Morgan fingerprint density at radius 1 is 1.17 bits per heavy atom. The van der Waals surface area contributed by atoms with Gasteiger partial charge in [0.25, 0.3) is 0 Å². The van der Waals surface area contributed by atoms with Crippen molar-refractivity contribution in [3.05, 3.63) is 40.1 Å². The standard InChI is InChI=1S/C17H19BrN2O4/c1-5-20-17(12(18)10-19-20)13(21)7-6-11-8-15(23-3)16(24-4)9-14(11)22-2/h6-10H,5H2,1-4H3/b7-6+. The van der Waals surface area contributed by atoms with Crippen LogP contribution in [0.5, 0.6) is 17.2 Å². The molecular formula is C17H19BrN2O4.